The van der Waals surface area contributed by atoms with E-state index in [2.05, 4.69) is 4.90 Å². The molecule has 3 heteroatoms. The second kappa shape index (κ2) is 3.73. The highest BCUT2D eigenvalue weighted by molar-refractivity contribution is 4.80. The predicted octanol–water partition coefficient (Wildman–Crippen LogP) is 0.546. The van der Waals surface area contributed by atoms with Crippen molar-refractivity contribution in [2.45, 2.75) is 38.0 Å². The Bertz CT molecular complexity index is 143. The summed E-state index contributed by atoms with van der Waals surface area (Å²) in [5.41, 5.74) is 5.83. The molecule has 2 aliphatic rings. The molecule has 2 fully saturated rings. The maximum Gasteiger partial charge on any atom is 0.110 e. The highest BCUT2D eigenvalue weighted by Crippen LogP contribution is 2.20. The van der Waals surface area contributed by atoms with Crippen LogP contribution in [0.1, 0.15) is 25.7 Å². The Hall–Kier alpha value is -0.120. The SMILES string of the molecule is NC1CCN(C2CCCCO2)C1. The Kier molecular flexibility index (Phi) is 2.63. The topological polar surface area (TPSA) is 38.5 Å². The lowest BCUT2D eigenvalue weighted by Gasteiger charge is -2.30. The van der Waals surface area contributed by atoms with Gasteiger partial charge < -0.3 is 10.5 Å². The van der Waals surface area contributed by atoms with Gasteiger partial charge in [-0.1, -0.05) is 0 Å². The van der Waals surface area contributed by atoms with Gasteiger partial charge in [0.1, 0.15) is 6.23 Å². The monoisotopic (exact) mass is 170 g/mol. The van der Waals surface area contributed by atoms with Gasteiger partial charge in [-0.15, -0.1) is 0 Å². The van der Waals surface area contributed by atoms with Crippen LogP contribution in [0.5, 0.6) is 0 Å². The van der Waals surface area contributed by atoms with Gasteiger partial charge in [0.2, 0.25) is 0 Å². The van der Waals surface area contributed by atoms with Crippen molar-refractivity contribution >= 4 is 0 Å². The van der Waals surface area contributed by atoms with Crippen LogP contribution < -0.4 is 5.73 Å². The summed E-state index contributed by atoms with van der Waals surface area (Å²) >= 11 is 0. The Labute approximate surface area is 73.9 Å². The first-order chi connectivity index (χ1) is 5.86. The fraction of sp³-hybridized carbons (Fsp3) is 1.00. The van der Waals surface area contributed by atoms with E-state index in [1.165, 1.54) is 19.3 Å². The third-order valence-electron chi connectivity index (χ3n) is 2.82. The van der Waals surface area contributed by atoms with Crippen LogP contribution in [0.2, 0.25) is 0 Å². The minimum atomic E-state index is 0.382. The van der Waals surface area contributed by atoms with Crippen molar-refractivity contribution in [3.63, 3.8) is 0 Å². The predicted molar refractivity (Wildman–Crippen MR) is 47.8 cm³/mol. The summed E-state index contributed by atoms with van der Waals surface area (Å²) in [6, 6.07) is 0.385. The van der Waals surface area contributed by atoms with Gasteiger partial charge in [-0.2, -0.15) is 0 Å². The van der Waals surface area contributed by atoms with Crippen LogP contribution in [0, 0.1) is 0 Å². The summed E-state index contributed by atoms with van der Waals surface area (Å²) < 4.78 is 5.68. The average molecular weight is 170 g/mol. The Morgan fingerprint density at radius 3 is 2.75 bits per heavy atom. The zero-order valence-electron chi connectivity index (χ0n) is 7.54. The molecule has 0 aromatic carbocycles. The zero-order chi connectivity index (χ0) is 8.39. The molecule has 0 spiro atoms. The number of likely N-dealkylation sites (tertiary alicyclic amines) is 1. The second-order valence-corrected chi connectivity index (χ2v) is 3.86. The number of rotatable bonds is 1. The molecule has 2 unspecified atom stereocenters. The van der Waals surface area contributed by atoms with Gasteiger partial charge in [0.05, 0.1) is 0 Å². The summed E-state index contributed by atoms with van der Waals surface area (Å²) in [5.74, 6) is 0. The number of nitrogens with two attached hydrogens (primary N) is 1. The van der Waals surface area contributed by atoms with Crippen LogP contribution in [0.3, 0.4) is 0 Å². The van der Waals surface area contributed by atoms with Crippen LogP contribution in [-0.4, -0.2) is 36.9 Å². The second-order valence-electron chi connectivity index (χ2n) is 3.86. The van der Waals surface area contributed by atoms with Crippen molar-refractivity contribution in [2.75, 3.05) is 19.7 Å². The van der Waals surface area contributed by atoms with Crippen molar-refractivity contribution in [3.05, 3.63) is 0 Å². The minimum Gasteiger partial charge on any atom is -0.363 e. The van der Waals surface area contributed by atoms with Gasteiger partial charge in [-0.3, -0.25) is 4.90 Å². The molecule has 2 N–H and O–H groups in total. The molecule has 2 rings (SSSR count). The molecular formula is C9H18N2O. The zero-order valence-corrected chi connectivity index (χ0v) is 7.54. The van der Waals surface area contributed by atoms with Gasteiger partial charge in [0.15, 0.2) is 0 Å². The van der Waals surface area contributed by atoms with E-state index in [0.717, 1.165) is 26.1 Å². The van der Waals surface area contributed by atoms with E-state index in [0.29, 0.717) is 12.3 Å². The molecule has 3 nitrogen and oxygen atoms in total. The number of nitrogens with zero attached hydrogens (tertiary/aromatic N) is 1. The first-order valence-corrected chi connectivity index (χ1v) is 4.97. The van der Waals surface area contributed by atoms with Crippen molar-refractivity contribution in [3.8, 4) is 0 Å². The Morgan fingerprint density at radius 1 is 1.25 bits per heavy atom. The van der Waals surface area contributed by atoms with E-state index in [9.17, 15) is 0 Å². The molecule has 0 aliphatic carbocycles. The summed E-state index contributed by atoms with van der Waals surface area (Å²) in [6.45, 7) is 3.10. The molecule has 0 aromatic rings. The first-order valence-electron chi connectivity index (χ1n) is 4.97. The molecular weight excluding hydrogens is 152 g/mol. The van der Waals surface area contributed by atoms with Crippen molar-refractivity contribution in [1.29, 1.82) is 0 Å². The standard InChI is InChI=1S/C9H18N2O/c10-8-4-5-11(7-8)9-3-1-2-6-12-9/h8-9H,1-7,10H2. The van der Waals surface area contributed by atoms with E-state index in [1.54, 1.807) is 0 Å². The van der Waals surface area contributed by atoms with Crippen molar-refractivity contribution in [1.82, 2.24) is 4.90 Å². The quantitative estimate of drug-likeness (QED) is 0.624. The summed E-state index contributed by atoms with van der Waals surface area (Å²) in [4.78, 5) is 2.39. The van der Waals surface area contributed by atoms with E-state index in [-0.39, 0.29) is 0 Å². The van der Waals surface area contributed by atoms with Crippen LogP contribution in [0.15, 0.2) is 0 Å². The normalized spacial score (nSPS) is 38.8. The lowest BCUT2D eigenvalue weighted by atomic mass is 10.2. The highest BCUT2D eigenvalue weighted by atomic mass is 16.5. The van der Waals surface area contributed by atoms with Gasteiger partial charge in [-0.05, 0) is 25.7 Å². The maximum absolute atomic E-state index is 5.83. The lowest BCUT2D eigenvalue weighted by molar-refractivity contribution is -0.0766. The summed E-state index contributed by atoms with van der Waals surface area (Å²) in [5, 5.41) is 0. The summed E-state index contributed by atoms with van der Waals surface area (Å²) in [7, 11) is 0. The summed E-state index contributed by atoms with van der Waals surface area (Å²) in [6.07, 6.45) is 5.27. The first kappa shape index (κ1) is 8.48. The van der Waals surface area contributed by atoms with Crippen LogP contribution in [0.4, 0.5) is 0 Å². The van der Waals surface area contributed by atoms with Gasteiger partial charge in [0.25, 0.3) is 0 Å². The molecule has 0 amide bonds. The molecule has 70 valence electrons. The highest BCUT2D eigenvalue weighted by Gasteiger charge is 2.27. The number of ether oxygens (including phenoxy) is 1. The van der Waals surface area contributed by atoms with Crippen LogP contribution in [-0.2, 0) is 4.74 Å². The van der Waals surface area contributed by atoms with E-state index >= 15 is 0 Å². The third kappa shape index (κ3) is 1.79. The molecule has 0 aromatic heterocycles. The van der Waals surface area contributed by atoms with Crippen LogP contribution in [0.25, 0.3) is 0 Å². The van der Waals surface area contributed by atoms with E-state index in [4.69, 9.17) is 10.5 Å². The Morgan fingerprint density at radius 2 is 2.17 bits per heavy atom. The number of hydrogen-bond acceptors (Lipinski definition) is 3. The molecule has 2 atom stereocenters. The molecule has 2 heterocycles. The fourth-order valence-corrected chi connectivity index (χ4v) is 2.09. The molecule has 12 heavy (non-hydrogen) atoms. The molecule has 2 saturated heterocycles. The maximum atomic E-state index is 5.83. The third-order valence-corrected chi connectivity index (χ3v) is 2.82. The van der Waals surface area contributed by atoms with Gasteiger partial charge >= 0.3 is 0 Å². The van der Waals surface area contributed by atoms with Crippen molar-refractivity contribution < 1.29 is 4.74 Å². The molecule has 0 bridgehead atoms. The minimum absolute atomic E-state index is 0.382. The van der Waals surface area contributed by atoms with Crippen molar-refractivity contribution in [2.24, 2.45) is 5.73 Å². The number of hydrogen-bond donors (Lipinski definition) is 1. The lowest BCUT2D eigenvalue weighted by Crippen LogP contribution is -2.39. The average Bonchev–Trinajstić information content (AvgIpc) is 2.54. The largest absolute Gasteiger partial charge is 0.363 e. The van der Waals surface area contributed by atoms with Gasteiger partial charge in [0, 0.05) is 25.7 Å². The van der Waals surface area contributed by atoms with Crippen LogP contribution >= 0.6 is 0 Å². The molecule has 0 radical (unpaired) electrons. The smallest absolute Gasteiger partial charge is 0.110 e. The van der Waals surface area contributed by atoms with Gasteiger partial charge in [-0.25, -0.2) is 0 Å². The molecule has 0 saturated carbocycles. The van der Waals surface area contributed by atoms with E-state index < -0.39 is 0 Å². The Balaban J connectivity index is 1.83. The fourth-order valence-electron chi connectivity index (χ4n) is 2.09. The van der Waals surface area contributed by atoms with E-state index in [1.807, 2.05) is 0 Å². The molecule has 2 aliphatic heterocycles.